The molecule has 0 saturated heterocycles. The second-order valence-corrected chi connectivity index (χ2v) is 6.59. The molecule has 0 atom stereocenters. The van der Waals surface area contributed by atoms with Gasteiger partial charge in [-0.3, -0.25) is 0 Å². The molecule has 0 radical (unpaired) electrons. The first-order valence-corrected chi connectivity index (χ1v) is 8.74. The summed E-state index contributed by atoms with van der Waals surface area (Å²) < 4.78 is 5.46. The summed E-state index contributed by atoms with van der Waals surface area (Å²) in [4.78, 5) is 11.1. The summed E-state index contributed by atoms with van der Waals surface area (Å²) in [6.45, 7) is 2.48. The lowest BCUT2D eigenvalue weighted by atomic mass is 10.2. The molecule has 2 heterocycles. The Morgan fingerprint density at radius 2 is 1.81 bits per heavy atom. The van der Waals surface area contributed by atoms with Crippen LogP contribution in [0.4, 0.5) is 34.5 Å². The lowest BCUT2D eigenvalue weighted by molar-refractivity contribution is 0.372. The Morgan fingerprint density at radius 1 is 1.04 bits per heavy atom. The summed E-state index contributed by atoms with van der Waals surface area (Å²) >= 11 is 0. The van der Waals surface area contributed by atoms with Crippen molar-refractivity contribution in [3.63, 3.8) is 0 Å². The molecule has 7 nitrogen and oxygen atoms in total. The second-order valence-electron chi connectivity index (χ2n) is 6.59. The van der Waals surface area contributed by atoms with E-state index in [0.717, 1.165) is 39.9 Å². The van der Waals surface area contributed by atoms with Crippen molar-refractivity contribution in [1.82, 2.24) is 9.97 Å². The maximum absolute atomic E-state index is 5.46. The highest BCUT2D eigenvalue weighted by Crippen LogP contribution is 2.33. The SMILES string of the molecule is Cc1cnc(Nc2ccc(N(C)C)cc2)nc1Nc1ccc2c(c1)NCO2. The Morgan fingerprint density at radius 3 is 2.59 bits per heavy atom. The van der Waals surface area contributed by atoms with Gasteiger partial charge in [0.05, 0.1) is 5.69 Å². The van der Waals surface area contributed by atoms with Crippen LogP contribution in [0.2, 0.25) is 0 Å². The van der Waals surface area contributed by atoms with Gasteiger partial charge in [0.15, 0.2) is 6.73 Å². The number of ether oxygens (including phenoxy) is 1. The van der Waals surface area contributed by atoms with Gasteiger partial charge in [-0.1, -0.05) is 0 Å². The lowest BCUT2D eigenvalue weighted by Crippen LogP contribution is -2.08. The molecule has 0 aliphatic carbocycles. The molecule has 0 bridgehead atoms. The zero-order chi connectivity index (χ0) is 18.8. The Balaban J connectivity index is 1.52. The summed E-state index contributed by atoms with van der Waals surface area (Å²) in [6.07, 6.45) is 1.81. The zero-order valence-corrected chi connectivity index (χ0v) is 15.6. The largest absolute Gasteiger partial charge is 0.471 e. The summed E-state index contributed by atoms with van der Waals surface area (Å²) in [5, 5.41) is 9.80. The average molecular weight is 362 g/mol. The number of rotatable bonds is 5. The fraction of sp³-hybridized carbons (Fsp3) is 0.200. The van der Waals surface area contributed by atoms with Gasteiger partial charge in [0, 0.05) is 42.9 Å². The number of aryl methyl sites for hydroxylation is 1. The molecule has 0 fully saturated rings. The van der Waals surface area contributed by atoms with Gasteiger partial charge in [-0.2, -0.15) is 4.98 Å². The molecule has 3 N–H and O–H groups in total. The Kier molecular flexibility index (Phi) is 4.42. The topological polar surface area (TPSA) is 74.3 Å². The van der Waals surface area contributed by atoms with Crippen LogP contribution in [0.1, 0.15) is 5.56 Å². The van der Waals surface area contributed by atoms with Gasteiger partial charge in [-0.25, -0.2) is 4.98 Å². The molecular formula is C20H22N6O. The number of aromatic nitrogens is 2. The summed E-state index contributed by atoms with van der Waals surface area (Å²) in [7, 11) is 4.04. The van der Waals surface area contributed by atoms with Crippen LogP contribution >= 0.6 is 0 Å². The van der Waals surface area contributed by atoms with Crippen LogP contribution in [0.3, 0.4) is 0 Å². The predicted octanol–water partition coefficient (Wildman–Crippen LogP) is 4.10. The zero-order valence-electron chi connectivity index (χ0n) is 15.6. The summed E-state index contributed by atoms with van der Waals surface area (Å²) in [5.41, 5.74) is 4.96. The van der Waals surface area contributed by atoms with Crippen molar-refractivity contribution in [2.75, 3.05) is 41.7 Å². The number of anilines is 6. The molecule has 1 aliphatic rings. The number of hydrogen-bond donors (Lipinski definition) is 3. The van der Waals surface area contributed by atoms with E-state index in [-0.39, 0.29) is 0 Å². The van der Waals surface area contributed by atoms with E-state index in [1.165, 1.54) is 0 Å². The van der Waals surface area contributed by atoms with Crippen LogP contribution in [0.15, 0.2) is 48.7 Å². The number of nitrogens with zero attached hydrogens (tertiary/aromatic N) is 3. The molecule has 0 unspecified atom stereocenters. The lowest BCUT2D eigenvalue weighted by Gasteiger charge is -2.14. The highest BCUT2D eigenvalue weighted by molar-refractivity contribution is 5.70. The van der Waals surface area contributed by atoms with Crippen molar-refractivity contribution in [2.24, 2.45) is 0 Å². The maximum Gasteiger partial charge on any atom is 0.229 e. The standard InChI is InChI=1S/C20H22N6O/c1-13-11-21-20(24-14-4-7-16(8-5-14)26(2)3)25-19(13)23-15-6-9-18-17(10-15)22-12-27-18/h4-11,22H,12H2,1-3H3,(H2,21,23,24,25). The van der Waals surface area contributed by atoms with Crippen LogP contribution in [0, 0.1) is 6.92 Å². The van der Waals surface area contributed by atoms with Gasteiger partial charge >= 0.3 is 0 Å². The number of hydrogen-bond acceptors (Lipinski definition) is 7. The third-order valence-corrected chi connectivity index (χ3v) is 4.34. The van der Waals surface area contributed by atoms with Gasteiger partial charge in [0.25, 0.3) is 0 Å². The fourth-order valence-electron chi connectivity index (χ4n) is 2.80. The summed E-state index contributed by atoms with van der Waals surface area (Å²) in [6, 6.07) is 14.1. The molecule has 0 saturated carbocycles. The minimum atomic E-state index is 0.506. The quantitative estimate of drug-likeness (QED) is 0.631. The molecule has 1 aliphatic heterocycles. The van der Waals surface area contributed by atoms with E-state index >= 15 is 0 Å². The number of nitrogens with one attached hydrogen (secondary N) is 3. The van der Waals surface area contributed by atoms with Crippen LogP contribution in [-0.2, 0) is 0 Å². The molecule has 2 aromatic carbocycles. The molecule has 4 rings (SSSR count). The number of benzene rings is 2. The molecule has 1 aromatic heterocycles. The van der Waals surface area contributed by atoms with E-state index in [0.29, 0.717) is 12.7 Å². The van der Waals surface area contributed by atoms with Gasteiger partial charge in [-0.15, -0.1) is 0 Å². The van der Waals surface area contributed by atoms with Crippen molar-refractivity contribution in [3.05, 3.63) is 54.2 Å². The highest BCUT2D eigenvalue weighted by atomic mass is 16.5. The van der Waals surface area contributed by atoms with Gasteiger partial charge < -0.3 is 25.6 Å². The molecule has 0 spiro atoms. The molecular weight excluding hydrogens is 340 g/mol. The first kappa shape index (κ1) is 17.0. The first-order valence-electron chi connectivity index (χ1n) is 8.74. The third-order valence-electron chi connectivity index (χ3n) is 4.34. The number of fused-ring (bicyclic) bond motifs is 1. The van der Waals surface area contributed by atoms with Crippen molar-refractivity contribution in [3.8, 4) is 5.75 Å². The molecule has 0 amide bonds. The van der Waals surface area contributed by atoms with Crippen LogP contribution in [0.5, 0.6) is 5.75 Å². The van der Waals surface area contributed by atoms with E-state index in [4.69, 9.17) is 4.74 Å². The Bertz CT molecular complexity index is 955. The fourth-order valence-corrected chi connectivity index (χ4v) is 2.80. The predicted molar refractivity (Wildman–Crippen MR) is 110 cm³/mol. The minimum absolute atomic E-state index is 0.506. The normalized spacial score (nSPS) is 12.0. The first-order chi connectivity index (χ1) is 13.1. The van der Waals surface area contributed by atoms with Crippen molar-refractivity contribution < 1.29 is 4.74 Å². The smallest absolute Gasteiger partial charge is 0.229 e. The Hall–Kier alpha value is -3.48. The molecule has 7 heteroatoms. The van der Waals surface area contributed by atoms with Gasteiger partial charge in [0.1, 0.15) is 11.6 Å². The van der Waals surface area contributed by atoms with Crippen LogP contribution in [0.25, 0.3) is 0 Å². The van der Waals surface area contributed by atoms with Gasteiger partial charge in [0.2, 0.25) is 5.95 Å². The highest BCUT2D eigenvalue weighted by Gasteiger charge is 2.12. The van der Waals surface area contributed by atoms with Gasteiger partial charge in [-0.05, 0) is 49.4 Å². The monoisotopic (exact) mass is 362 g/mol. The third kappa shape index (κ3) is 3.72. The maximum atomic E-state index is 5.46. The Labute approximate surface area is 158 Å². The summed E-state index contributed by atoms with van der Waals surface area (Å²) in [5.74, 6) is 2.17. The van der Waals surface area contributed by atoms with E-state index in [2.05, 4.69) is 43.0 Å². The van der Waals surface area contributed by atoms with E-state index in [1.54, 1.807) is 6.20 Å². The van der Waals surface area contributed by atoms with Crippen molar-refractivity contribution in [2.45, 2.75) is 6.92 Å². The minimum Gasteiger partial charge on any atom is -0.471 e. The van der Waals surface area contributed by atoms with E-state index in [1.807, 2.05) is 51.4 Å². The van der Waals surface area contributed by atoms with E-state index < -0.39 is 0 Å². The van der Waals surface area contributed by atoms with Crippen molar-refractivity contribution >= 4 is 34.5 Å². The van der Waals surface area contributed by atoms with Crippen LogP contribution in [-0.4, -0.2) is 30.8 Å². The molecule has 138 valence electrons. The molecule has 27 heavy (non-hydrogen) atoms. The van der Waals surface area contributed by atoms with E-state index in [9.17, 15) is 0 Å². The van der Waals surface area contributed by atoms with Crippen LogP contribution < -0.4 is 25.6 Å². The molecule has 3 aromatic rings. The second kappa shape index (κ2) is 7.03. The average Bonchev–Trinajstić information content (AvgIpc) is 3.13. The van der Waals surface area contributed by atoms with Crippen molar-refractivity contribution in [1.29, 1.82) is 0 Å².